The fourth-order valence-corrected chi connectivity index (χ4v) is 8.07. The van der Waals surface area contributed by atoms with E-state index in [4.69, 9.17) is 4.42 Å². The maximum atomic E-state index is 6.71. The third kappa shape index (κ3) is 3.30. The van der Waals surface area contributed by atoms with Crippen LogP contribution >= 0.6 is 0 Å². The molecule has 3 aromatic heterocycles. The highest BCUT2D eigenvalue weighted by Gasteiger charge is 2.24. The predicted molar refractivity (Wildman–Crippen MR) is 197 cm³/mol. The molecule has 11 rings (SSSR count). The molecular weight excluding hydrogens is 572 g/mol. The van der Waals surface area contributed by atoms with E-state index in [-0.39, 0.29) is 0 Å². The van der Waals surface area contributed by atoms with E-state index in [1.54, 1.807) is 0 Å². The molecule has 0 unspecified atom stereocenters. The summed E-state index contributed by atoms with van der Waals surface area (Å²) in [5, 5.41) is 12.0. The highest BCUT2D eigenvalue weighted by molar-refractivity contribution is 6.31. The van der Waals surface area contributed by atoms with Crippen LogP contribution in [-0.2, 0) is 0 Å². The number of hydrogen-bond acceptors (Lipinski definition) is 1. The molecule has 0 aliphatic heterocycles. The Kier molecular flexibility index (Phi) is 4.84. The number of aromatic nitrogens is 2. The lowest BCUT2D eigenvalue weighted by molar-refractivity contribution is 0.673. The molecule has 0 radical (unpaired) electrons. The molecule has 0 atom stereocenters. The van der Waals surface area contributed by atoms with Gasteiger partial charge >= 0.3 is 0 Å². The van der Waals surface area contributed by atoms with Crippen LogP contribution in [0.2, 0.25) is 0 Å². The molecule has 0 saturated carbocycles. The normalized spacial score (nSPS) is 12.3. The average molecular weight is 599 g/mol. The van der Waals surface area contributed by atoms with Crippen molar-refractivity contribution in [1.29, 1.82) is 0 Å². The lowest BCUT2D eigenvalue weighted by Crippen LogP contribution is -1.96. The van der Waals surface area contributed by atoms with Crippen LogP contribution in [0.25, 0.3) is 98.5 Å². The first-order valence-electron chi connectivity index (χ1n) is 16.1. The van der Waals surface area contributed by atoms with Gasteiger partial charge in [0.2, 0.25) is 0 Å². The molecule has 3 heterocycles. The average Bonchev–Trinajstić information content (AvgIpc) is 3.78. The summed E-state index contributed by atoms with van der Waals surface area (Å²) in [5.74, 6) is 0. The van der Waals surface area contributed by atoms with Gasteiger partial charge in [0.25, 0.3) is 0 Å². The zero-order valence-electron chi connectivity index (χ0n) is 25.3. The van der Waals surface area contributed by atoms with Gasteiger partial charge in [0.15, 0.2) is 0 Å². The Balaban J connectivity index is 1.38. The molecule has 0 bridgehead atoms. The SMILES string of the molecule is c1ccc2cc(-n3c4ccccc4c4c3ccc3c5c6oc7ccccc7c6ccc5n(-c5cccc6ccccc56)c34)ccc2c1. The van der Waals surface area contributed by atoms with Crippen LogP contribution in [-0.4, -0.2) is 9.13 Å². The molecule has 47 heavy (non-hydrogen) atoms. The molecule has 0 spiro atoms. The zero-order chi connectivity index (χ0) is 30.6. The second kappa shape index (κ2) is 9.12. The summed E-state index contributed by atoms with van der Waals surface area (Å²) in [7, 11) is 0. The van der Waals surface area contributed by atoms with E-state index in [1.165, 1.54) is 54.3 Å². The number of hydrogen-bond donors (Lipinski definition) is 0. The lowest BCUT2D eigenvalue weighted by atomic mass is 10.1. The second-order valence-corrected chi connectivity index (χ2v) is 12.5. The van der Waals surface area contributed by atoms with Gasteiger partial charge in [-0.25, -0.2) is 0 Å². The van der Waals surface area contributed by atoms with E-state index in [9.17, 15) is 0 Å². The molecular formula is C44H26N2O. The number of rotatable bonds is 2. The Morgan fingerprint density at radius 2 is 1.06 bits per heavy atom. The Labute approximate surface area is 269 Å². The summed E-state index contributed by atoms with van der Waals surface area (Å²) in [6.07, 6.45) is 0. The Morgan fingerprint density at radius 1 is 0.383 bits per heavy atom. The van der Waals surface area contributed by atoms with E-state index in [0.717, 1.165) is 44.2 Å². The zero-order valence-corrected chi connectivity index (χ0v) is 25.3. The third-order valence-electron chi connectivity index (χ3n) is 10.1. The first kappa shape index (κ1) is 24.9. The van der Waals surface area contributed by atoms with Crippen LogP contribution in [0.4, 0.5) is 0 Å². The molecule has 0 aliphatic rings. The monoisotopic (exact) mass is 598 g/mol. The molecule has 0 fully saturated rings. The van der Waals surface area contributed by atoms with Crippen molar-refractivity contribution in [2.45, 2.75) is 0 Å². The van der Waals surface area contributed by atoms with E-state index < -0.39 is 0 Å². The Hall–Kier alpha value is -6.32. The minimum Gasteiger partial charge on any atom is -0.455 e. The maximum absolute atomic E-state index is 6.71. The number of para-hydroxylation sites is 2. The van der Waals surface area contributed by atoms with Gasteiger partial charge in [-0.1, -0.05) is 103 Å². The lowest BCUT2D eigenvalue weighted by Gasteiger charge is -2.13. The van der Waals surface area contributed by atoms with Crippen molar-refractivity contribution in [3.63, 3.8) is 0 Å². The van der Waals surface area contributed by atoms with E-state index >= 15 is 0 Å². The summed E-state index contributed by atoms with van der Waals surface area (Å²) >= 11 is 0. The topological polar surface area (TPSA) is 23.0 Å². The van der Waals surface area contributed by atoms with Gasteiger partial charge < -0.3 is 13.6 Å². The molecule has 8 aromatic carbocycles. The Bertz CT molecular complexity index is 3070. The van der Waals surface area contributed by atoms with Gasteiger partial charge in [0.05, 0.1) is 33.1 Å². The van der Waals surface area contributed by atoms with Crippen molar-refractivity contribution in [3.8, 4) is 11.4 Å². The van der Waals surface area contributed by atoms with Crippen molar-refractivity contribution < 1.29 is 4.42 Å². The third-order valence-corrected chi connectivity index (χ3v) is 10.1. The maximum Gasteiger partial charge on any atom is 0.145 e. The van der Waals surface area contributed by atoms with Crippen LogP contribution in [0.3, 0.4) is 0 Å². The first-order chi connectivity index (χ1) is 23.3. The minimum atomic E-state index is 0.912. The molecule has 3 heteroatoms. The summed E-state index contributed by atoms with van der Waals surface area (Å²) in [6, 6.07) is 57.0. The van der Waals surface area contributed by atoms with Crippen molar-refractivity contribution in [2.24, 2.45) is 0 Å². The minimum absolute atomic E-state index is 0.912. The van der Waals surface area contributed by atoms with Crippen molar-refractivity contribution in [3.05, 3.63) is 158 Å². The fraction of sp³-hybridized carbons (Fsp3) is 0. The van der Waals surface area contributed by atoms with Gasteiger partial charge in [-0.05, 0) is 70.8 Å². The smallest absolute Gasteiger partial charge is 0.145 e. The number of fused-ring (bicyclic) bond motifs is 13. The molecule has 0 N–H and O–H groups in total. The van der Waals surface area contributed by atoms with Crippen molar-refractivity contribution in [2.75, 3.05) is 0 Å². The van der Waals surface area contributed by atoms with Gasteiger partial charge in [-0.15, -0.1) is 0 Å². The molecule has 218 valence electrons. The molecule has 3 nitrogen and oxygen atoms in total. The van der Waals surface area contributed by atoms with E-state index in [1.807, 2.05) is 6.07 Å². The summed E-state index contributed by atoms with van der Waals surface area (Å²) in [6.45, 7) is 0. The number of furan rings is 1. The van der Waals surface area contributed by atoms with Crippen LogP contribution in [0, 0.1) is 0 Å². The summed E-state index contributed by atoms with van der Waals surface area (Å²) in [5.41, 5.74) is 8.86. The fourth-order valence-electron chi connectivity index (χ4n) is 8.07. The largest absolute Gasteiger partial charge is 0.455 e. The van der Waals surface area contributed by atoms with Gasteiger partial charge in [-0.2, -0.15) is 0 Å². The highest BCUT2D eigenvalue weighted by Crippen LogP contribution is 2.46. The van der Waals surface area contributed by atoms with Gasteiger partial charge in [0, 0.05) is 38.0 Å². The quantitative estimate of drug-likeness (QED) is 0.194. The summed E-state index contributed by atoms with van der Waals surface area (Å²) in [4.78, 5) is 0. The van der Waals surface area contributed by atoms with Crippen LogP contribution in [0.5, 0.6) is 0 Å². The standard InChI is InChI=1S/C44H26N2O/c1-2-12-29-26-30(21-20-27(29)10-1)45-37-17-7-5-16-34(37)41-38(45)25-23-35-42-39(24-22-33-32-15-6-8-19-40(32)47-44(33)42)46(43(35)41)36-18-9-13-28-11-3-4-14-31(28)36/h1-26H. The van der Waals surface area contributed by atoms with E-state index in [2.05, 4.69) is 161 Å². The van der Waals surface area contributed by atoms with Crippen molar-refractivity contribution in [1.82, 2.24) is 9.13 Å². The van der Waals surface area contributed by atoms with Crippen LogP contribution < -0.4 is 0 Å². The van der Waals surface area contributed by atoms with Crippen molar-refractivity contribution >= 4 is 87.1 Å². The van der Waals surface area contributed by atoms with Crippen LogP contribution in [0.15, 0.2) is 162 Å². The first-order valence-corrected chi connectivity index (χ1v) is 16.1. The molecule has 0 amide bonds. The molecule has 0 saturated heterocycles. The predicted octanol–water partition coefficient (Wildman–Crippen LogP) is 12.1. The highest BCUT2D eigenvalue weighted by atomic mass is 16.3. The van der Waals surface area contributed by atoms with Gasteiger partial charge in [-0.3, -0.25) is 0 Å². The van der Waals surface area contributed by atoms with E-state index in [0.29, 0.717) is 0 Å². The summed E-state index contributed by atoms with van der Waals surface area (Å²) < 4.78 is 11.6. The molecule has 11 aromatic rings. The second-order valence-electron chi connectivity index (χ2n) is 12.5. The number of benzene rings is 8. The van der Waals surface area contributed by atoms with Gasteiger partial charge in [0.1, 0.15) is 11.2 Å². The van der Waals surface area contributed by atoms with Crippen LogP contribution in [0.1, 0.15) is 0 Å². The Morgan fingerprint density at radius 3 is 1.96 bits per heavy atom. The molecule has 0 aliphatic carbocycles. The number of nitrogens with zero attached hydrogens (tertiary/aromatic N) is 2.